The second-order valence-electron chi connectivity index (χ2n) is 9.30. The number of hydrogen-bond acceptors (Lipinski definition) is 8. The molecule has 1 aromatic heterocycles. The molecule has 0 amide bonds. The number of nitrogens with zero attached hydrogens (tertiary/aromatic N) is 1. The Morgan fingerprint density at radius 3 is 2.29 bits per heavy atom. The van der Waals surface area contributed by atoms with Crippen LogP contribution in [0.5, 0.6) is 23.0 Å². The fourth-order valence-corrected chi connectivity index (χ4v) is 4.55. The second kappa shape index (κ2) is 12.4. The Kier molecular flexibility index (Phi) is 8.72. The first-order valence-corrected chi connectivity index (χ1v) is 13.4. The molecule has 0 unspecified atom stereocenters. The summed E-state index contributed by atoms with van der Waals surface area (Å²) in [5, 5.41) is 0.167. The van der Waals surface area contributed by atoms with Gasteiger partial charge >= 0.3 is 12.1 Å². The molecule has 4 aromatic rings. The highest BCUT2D eigenvalue weighted by Crippen LogP contribution is 2.40. The molecule has 12 heteroatoms. The maximum atomic E-state index is 14.3. The SMILES string of the molecule is CCOc1ccc(C(=O)Oc2ccc3c(=O)c(Oc4ccc(Cl)cc4)c(C(F)(F)F)oc3c2CN2CCOCC2)cc1. The van der Waals surface area contributed by atoms with E-state index >= 15 is 0 Å². The molecular formula is C30H25ClF3NO7. The Hall–Kier alpha value is -4.06. The third kappa shape index (κ3) is 6.53. The van der Waals surface area contributed by atoms with Gasteiger partial charge in [-0.15, -0.1) is 0 Å². The summed E-state index contributed by atoms with van der Waals surface area (Å²) in [6, 6.07) is 14.3. The molecule has 8 nitrogen and oxygen atoms in total. The predicted molar refractivity (Wildman–Crippen MR) is 148 cm³/mol. The van der Waals surface area contributed by atoms with Crippen molar-refractivity contribution in [2.45, 2.75) is 19.6 Å². The molecule has 1 aliphatic rings. The Balaban J connectivity index is 1.61. The normalized spacial score (nSPS) is 14.1. The van der Waals surface area contributed by atoms with Crippen LogP contribution in [-0.2, 0) is 17.5 Å². The van der Waals surface area contributed by atoms with E-state index in [1.165, 1.54) is 48.5 Å². The van der Waals surface area contributed by atoms with E-state index < -0.39 is 29.1 Å². The summed E-state index contributed by atoms with van der Waals surface area (Å²) in [6.45, 7) is 4.06. The number of alkyl halides is 3. The van der Waals surface area contributed by atoms with E-state index in [9.17, 15) is 22.8 Å². The molecule has 0 spiro atoms. The van der Waals surface area contributed by atoms with Crippen LogP contribution in [0.15, 0.2) is 69.9 Å². The van der Waals surface area contributed by atoms with Crippen LogP contribution in [0.25, 0.3) is 11.0 Å². The first-order chi connectivity index (χ1) is 20.1. The molecule has 2 heterocycles. The van der Waals surface area contributed by atoms with Gasteiger partial charge in [0.1, 0.15) is 22.8 Å². The van der Waals surface area contributed by atoms with E-state index in [0.29, 0.717) is 43.7 Å². The van der Waals surface area contributed by atoms with Crippen molar-refractivity contribution in [3.05, 3.63) is 92.8 Å². The van der Waals surface area contributed by atoms with E-state index in [0.717, 1.165) is 0 Å². The number of ether oxygens (including phenoxy) is 4. The van der Waals surface area contributed by atoms with Gasteiger partial charge in [-0.2, -0.15) is 13.2 Å². The lowest BCUT2D eigenvalue weighted by Gasteiger charge is -2.27. The van der Waals surface area contributed by atoms with Crippen LogP contribution in [0.1, 0.15) is 28.6 Å². The van der Waals surface area contributed by atoms with Crippen molar-refractivity contribution in [1.82, 2.24) is 4.90 Å². The molecule has 0 N–H and O–H groups in total. The van der Waals surface area contributed by atoms with Crippen LogP contribution in [0.3, 0.4) is 0 Å². The van der Waals surface area contributed by atoms with Crippen LogP contribution < -0.4 is 19.6 Å². The smallest absolute Gasteiger partial charge is 0.453 e. The summed E-state index contributed by atoms with van der Waals surface area (Å²) in [5.41, 5.74) is -1.10. The van der Waals surface area contributed by atoms with Crippen molar-refractivity contribution in [3.8, 4) is 23.0 Å². The number of morpholine rings is 1. The molecular weight excluding hydrogens is 579 g/mol. The summed E-state index contributed by atoms with van der Waals surface area (Å²) < 4.78 is 70.1. The van der Waals surface area contributed by atoms with Crippen LogP contribution in [0.4, 0.5) is 13.2 Å². The predicted octanol–water partition coefficient (Wildman–Crippen LogP) is 6.71. The van der Waals surface area contributed by atoms with E-state index in [4.69, 9.17) is 35.0 Å². The van der Waals surface area contributed by atoms with E-state index in [2.05, 4.69) is 0 Å². The molecule has 3 aromatic carbocycles. The van der Waals surface area contributed by atoms with E-state index in [-0.39, 0.29) is 40.1 Å². The first kappa shape index (κ1) is 29.4. The second-order valence-corrected chi connectivity index (χ2v) is 9.73. The van der Waals surface area contributed by atoms with Gasteiger partial charge in [-0.1, -0.05) is 11.6 Å². The molecule has 1 aliphatic heterocycles. The number of carbonyl (C=O) groups is 1. The monoisotopic (exact) mass is 603 g/mol. The van der Waals surface area contributed by atoms with Gasteiger partial charge < -0.3 is 23.4 Å². The lowest BCUT2D eigenvalue weighted by atomic mass is 10.1. The molecule has 0 bridgehead atoms. The minimum Gasteiger partial charge on any atom is -0.494 e. The average molecular weight is 604 g/mol. The number of hydrogen-bond donors (Lipinski definition) is 0. The van der Waals surface area contributed by atoms with Crippen molar-refractivity contribution in [2.24, 2.45) is 0 Å². The summed E-state index contributed by atoms with van der Waals surface area (Å²) in [6.07, 6.45) is -5.08. The Bertz CT molecular complexity index is 1630. The maximum Gasteiger partial charge on any atom is 0.453 e. The molecule has 220 valence electrons. The topological polar surface area (TPSA) is 87.4 Å². The summed E-state index contributed by atoms with van der Waals surface area (Å²) in [4.78, 5) is 28.4. The average Bonchev–Trinajstić information content (AvgIpc) is 2.97. The van der Waals surface area contributed by atoms with Crippen LogP contribution in [0, 0.1) is 0 Å². The van der Waals surface area contributed by atoms with Crippen molar-refractivity contribution in [1.29, 1.82) is 0 Å². The quantitative estimate of drug-likeness (QED) is 0.162. The lowest BCUT2D eigenvalue weighted by molar-refractivity contribution is -0.154. The lowest BCUT2D eigenvalue weighted by Crippen LogP contribution is -2.36. The molecule has 42 heavy (non-hydrogen) atoms. The van der Waals surface area contributed by atoms with Gasteiger partial charge in [0.05, 0.1) is 36.3 Å². The van der Waals surface area contributed by atoms with Crippen molar-refractivity contribution >= 4 is 28.5 Å². The highest BCUT2D eigenvalue weighted by molar-refractivity contribution is 6.30. The van der Waals surface area contributed by atoms with Crippen molar-refractivity contribution in [3.63, 3.8) is 0 Å². The highest BCUT2D eigenvalue weighted by Gasteiger charge is 2.41. The van der Waals surface area contributed by atoms with Gasteiger partial charge in [-0.25, -0.2) is 4.79 Å². The summed E-state index contributed by atoms with van der Waals surface area (Å²) >= 11 is 5.87. The third-order valence-electron chi connectivity index (χ3n) is 6.46. The van der Waals surface area contributed by atoms with Crippen molar-refractivity contribution in [2.75, 3.05) is 32.9 Å². The molecule has 0 atom stereocenters. The fraction of sp³-hybridized carbons (Fsp3) is 0.267. The Morgan fingerprint density at radius 2 is 1.64 bits per heavy atom. The number of halogens is 4. The van der Waals surface area contributed by atoms with Crippen LogP contribution in [0.2, 0.25) is 5.02 Å². The molecule has 5 rings (SSSR count). The summed E-state index contributed by atoms with van der Waals surface area (Å²) in [5.74, 6) is -2.91. The van der Waals surface area contributed by atoms with E-state index in [1.54, 1.807) is 12.1 Å². The van der Waals surface area contributed by atoms with Crippen LogP contribution >= 0.6 is 11.6 Å². The first-order valence-electron chi connectivity index (χ1n) is 13.0. The molecule has 0 saturated carbocycles. The van der Waals surface area contributed by atoms with E-state index in [1.807, 2.05) is 11.8 Å². The molecule has 1 fully saturated rings. The third-order valence-corrected chi connectivity index (χ3v) is 6.71. The Labute approximate surface area is 243 Å². The zero-order valence-electron chi connectivity index (χ0n) is 22.3. The van der Waals surface area contributed by atoms with Gasteiger partial charge in [-0.3, -0.25) is 9.69 Å². The highest BCUT2D eigenvalue weighted by atomic mass is 35.5. The number of esters is 1. The number of fused-ring (bicyclic) bond motifs is 1. The largest absolute Gasteiger partial charge is 0.494 e. The minimum absolute atomic E-state index is 0.0320. The number of carbonyl (C=O) groups excluding carboxylic acids is 1. The fourth-order valence-electron chi connectivity index (χ4n) is 4.42. The van der Waals surface area contributed by atoms with Gasteiger partial charge in [0.25, 0.3) is 5.76 Å². The van der Waals surface area contributed by atoms with Gasteiger partial charge in [0.2, 0.25) is 11.2 Å². The molecule has 0 radical (unpaired) electrons. The summed E-state index contributed by atoms with van der Waals surface area (Å²) in [7, 11) is 0. The minimum atomic E-state index is -5.08. The standard InChI is InChI=1S/C30H25ClF3NO7/c1-2-39-20-7-3-18(4-8-20)29(37)41-24-12-11-22-25(36)27(40-21-9-5-19(31)6-10-21)28(30(32,33)34)42-26(22)23(24)17-35-13-15-38-16-14-35/h3-12H,2,13-17H2,1H3. The number of benzene rings is 3. The van der Waals surface area contributed by atoms with Crippen molar-refractivity contribution < 1.29 is 41.3 Å². The zero-order valence-corrected chi connectivity index (χ0v) is 23.1. The Morgan fingerprint density at radius 1 is 0.976 bits per heavy atom. The van der Waals surface area contributed by atoms with Gasteiger partial charge in [-0.05, 0) is 67.6 Å². The van der Waals surface area contributed by atoms with Gasteiger partial charge in [0, 0.05) is 24.7 Å². The molecule has 0 aliphatic carbocycles. The van der Waals surface area contributed by atoms with Crippen LogP contribution in [-0.4, -0.2) is 43.8 Å². The van der Waals surface area contributed by atoms with Gasteiger partial charge in [0.15, 0.2) is 0 Å². The molecule has 1 saturated heterocycles. The maximum absolute atomic E-state index is 14.3. The number of rotatable bonds is 8. The zero-order chi connectivity index (χ0) is 29.9.